The molecule has 28 aliphatic carbocycles. The third kappa shape index (κ3) is 7.64. The van der Waals surface area contributed by atoms with Crippen LogP contribution >= 0.6 is 0 Å². The number of halogens is 16. The van der Waals surface area contributed by atoms with Crippen molar-refractivity contribution < 1.29 is 70.2 Å². The van der Waals surface area contributed by atoms with Crippen molar-refractivity contribution in [1.82, 2.24) is 0 Å². The number of hydrogen-bond donors (Lipinski definition) is 0. The maximum Gasteiger partial charge on any atom is 0.170 e. The molecule has 16 heteroatoms. The summed E-state index contributed by atoms with van der Waals surface area (Å²) in [4.78, 5) is 0. The first-order chi connectivity index (χ1) is 36.4. The minimum absolute atomic E-state index is 0.301. The van der Waals surface area contributed by atoms with E-state index >= 15 is 70.2 Å². The van der Waals surface area contributed by atoms with E-state index in [1.807, 2.05) is 0 Å². The molecule has 10 aromatic carbocycles. The summed E-state index contributed by atoms with van der Waals surface area (Å²) in [6, 6.07) is 25.5. The Morgan fingerprint density at radius 2 is 0.171 bits per heavy atom. The topological polar surface area (TPSA) is 0 Å². The molecule has 0 radical (unpaired) electrons. The number of hydrogen-bond acceptors (Lipinski definition) is 0. The molecule has 0 spiro atoms. The molecule has 0 heterocycles. The van der Waals surface area contributed by atoms with Crippen molar-refractivity contribution in [3.8, 4) is 111 Å². The first-order valence-electron chi connectivity index (χ1n) is 22.5. The van der Waals surface area contributed by atoms with Gasteiger partial charge in [0.25, 0.3) is 0 Å². The molecule has 0 unspecified atom stereocenters. The zero-order valence-corrected chi connectivity index (χ0v) is 37.9. The third-order valence-electron chi connectivity index (χ3n) is 13.3. The molecule has 0 fully saturated rings. The highest BCUT2D eigenvalue weighted by Crippen LogP contribution is 2.44. The molecule has 376 valence electrons. The van der Waals surface area contributed by atoms with Crippen molar-refractivity contribution in [2.45, 2.75) is 0 Å². The average molecular weight is 1050 g/mol. The lowest BCUT2D eigenvalue weighted by Crippen LogP contribution is -2.05. The Labute approximate surface area is 419 Å². The van der Waals surface area contributed by atoms with Crippen molar-refractivity contribution in [3.63, 3.8) is 0 Å². The normalized spacial score (nSPS) is 11.7. The summed E-state index contributed by atoms with van der Waals surface area (Å²) in [5.41, 5.74) is -12.0. The van der Waals surface area contributed by atoms with E-state index in [0.717, 1.165) is 97.1 Å². The molecule has 28 aliphatic rings. The molecule has 38 rings (SSSR count). The van der Waals surface area contributed by atoms with Crippen molar-refractivity contribution >= 4 is 0 Å². The van der Waals surface area contributed by atoms with Gasteiger partial charge in [-0.05, 0) is 66.8 Å². The van der Waals surface area contributed by atoms with E-state index in [1.165, 1.54) is 48.5 Å². The van der Waals surface area contributed by atoms with Crippen molar-refractivity contribution in [3.05, 3.63) is 239 Å². The monoisotopic (exact) mass is 1050 g/mol. The van der Waals surface area contributed by atoms with Gasteiger partial charge < -0.3 is 0 Å². The number of benzene rings is 10. The van der Waals surface area contributed by atoms with Gasteiger partial charge in [-0.2, -0.15) is 0 Å². The second-order valence-electron chi connectivity index (χ2n) is 17.5. The van der Waals surface area contributed by atoms with Crippen LogP contribution in [0, 0.1) is 93.1 Å². The van der Waals surface area contributed by atoms with Crippen LogP contribution in [0.2, 0.25) is 0 Å². The summed E-state index contributed by atoms with van der Waals surface area (Å²) in [5, 5.41) is 0. The van der Waals surface area contributed by atoms with Gasteiger partial charge in [0, 0.05) is 0 Å². The lowest BCUT2D eigenvalue weighted by Gasteiger charge is -2.15. The summed E-state index contributed by atoms with van der Waals surface area (Å²) < 4.78 is 253. The summed E-state index contributed by atoms with van der Waals surface area (Å²) in [6.07, 6.45) is 0. The second kappa shape index (κ2) is 18.5. The third-order valence-corrected chi connectivity index (χ3v) is 13.3. The zero-order chi connectivity index (χ0) is 53.8. The molecule has 10 aromatic rings. The Morgan fingerprint density at radius 1 is 0.105 bits per heavy atom. The lowest BCUT2D eigenvalue weighted by molar-refractivity contribution is 0.462. The molecule has 0 N–H and O–H groups in total. The SMILES string of the molecule is Fc1c(F)c2c(F)c(F)c1-c1ccc(cc1)-c1ccc(cc1)-c1c(F)c(F)c(c(F)c1F)-c1ccc(cc1)-c1c(F)c(F)c(c(F)c1F)-c1ccc(cc1)-c1c(F)c(F)c(c(F)c1F)-c1ccc(cc1)-c1ccc-2cc1. The molecule has 0 aromatic heterocycles. The molecule has 0 saturated heterocycles. The molecule has 0 aliphatic heterocycles. The smallest absolute Gasteiger partial charge is 0.170 e. The first-order valence-corrected chi connectivity index (χ1v) is 22.5. The van der Waals surface area contributed by atoms with Crippen LogP contribution in [0.5, 0.6) is 0 Å². The molecule has 76 heavy (non-hydrogen) atoms. The fourth-order valence-corrected chi connectivity index (χ4v) is 9.48. The van der Waals surface area contributed by atoms with Gasteiger partial charge >= 0.3 is 0 Å². The highest BCUT2D eigenvalue weighted by molar-refractivity contribution is 5.82. The Hall–Kier alpha value is -8.92. The van der Waals surface area contributed by atoms with E-state index < -0.39 is 160 Å². The molecule has 0 atom stereocenters. The van der Waals surface area contributed by atoms with E-state index in [-0.39, 0.29) is 22.3 Å². The molecule has 0 nitrogen and oxygen atoms in total. The maximum absolute atomic E-state index is 15.8. The van der Waals surface area contributed by atoms with Gasteiger partial charge in [-0.25, -0.2) is 70.2 Å². The van der Waals surface area contributed by atoms with Gasteiger partial charge in [0.05, 0.1) is 44.5 Å². The highest BCUT2D eigenvalue weighted by Gasteiger charge is 2.32. The highest BCUT2D eigenvalue weighted by atomic mass is 19.2. The number of rotatable bonds is 0. The van der Waals surface area contributed by atoms with E-state index in [0.29, 0.717) is 22.3 Å². The summed E-state index contributed by atoms with van der Waals surface area (Å²) >= 11 is 0. The van der Waals surface area contributed by atoms with Crippen LogP contribution in [0.25, 0.3) is 111 Å². The predicted molar refractivity (Wildman–Crippen MR) is 254 cm³/mol. The largest absolute Gasteiger partial charge is 0.203 e. The second-order valence-corrected chi connectivity index (χ2v) is 17.5. The standard InChI is InChI=1S/C60H24F16/c61-45-37-29-9-1-25(2-10-29)27-5-13-31(14-6-27)39-49(65)53(69)41(54(70)50(39)66)33-17-21-35(22-18-33)43-57(73)59(75)44(60(76)58(43)74)36-23-19-34(20-24-36)42-55(71)51(67)40(52(68)56(42)72)32-15-7-28(8-16-32)26-3-11-30(12-4-26)38(47(45)63)48(64)46(37)62/h1-24H. The van der Waals surface area contributed by atoms with E-state index in [1.54, 1.807) is 0 Å². The zero-order valence-electron chi connectivity index (χ0n) is 37.9. The quantitative estimate of drug-likeness (QED) is 0.105. The molecule has 20 bridgehead atoms. The van der Waals surface area contributed by atoms with Crippen LogP contribution in [0.1, 0.15) is 0 Å². The van der Waals surface area contributed by atoms with Crippen molar-refractivity contribution in [2.24, 2.45) is 0 Å². The van der Waals surface area contributed by atoms with Crippen LogP contribution in [-0.2, 0) is 0 Å². The van der Waals surface area contributed by atoms with Gasteiger partial charge in [0.2, 0.25) is 0 Å². The van der Waals surface area contributed by atoms with Gasteiger partial charge in [-0.3, -0.25) is 0 Å². The predicted octanol–water partition coefficient (Wildman–Crippen LogP) is 18.9. The van der Waals surface area contributed by atoms with E-state index in [2.05, 4.69) is 0 Å². The summed E-state index contributed by atoms with van der Waals surface area (Å²) in [7, 11) is 0. The van der Waals surface area contributed by atoms with Gasteiger partial charge in [-0.15, -0.1) is 0 Å². The van der Waals surface area contributed by atoms with Crippen LogP contribution in [-0.4, -0.2) is 0 Å². The van der Waals surface area contributed by atoms with E-state index in [4.69, 9.17) is 0 Å². The Bertz CT molecular complexity index is 3660. The van der Waals surface area contributed by atoms with Crippen LogP contribution in [0.4, 0.5) is 70.2 Å². The van der Waals surface area contributed by atoms with Crippen LogP contribution < -0.4 is 0 Å². The van der Waals surface area contributed by atoms with Gasteiger partial charge in [-0.1, -0.05) is 146 Å². The minimum Gasteiger partial charge on any atom is -0.203 e. The molecular weight excluding hydrogens is 1020 g/mol. The Morgan fingerprint density at radius 3 is 0.250 bits per heavy atom. The Kier molecular flexibility index (Phi) is 12.0. The van der Waals surface area contributed by atoms with Gasteiger partial charge in [0.15, 0.2) is 93.1 Å². The fraction of sp³-hybridized carbons (Fsp3) is 0. The molecule has 0 amide bonds. The average Bonchev–Trinajstić information content (AvgIpc) is 3.43. The van der Waals surface area contributed by atoms with Crippen LogP contribution in [0.15, 0.2) is 146 Å². The first kappa shape index (κ1) is 49.3. The molecule has 0 saturated carbocycles. The summed E-state index contributed by atoms with van der Waals surface area (Å²) in [6.45, 7) is 0. The van der Waals surface area contributed by atoms with Crippen molar-refractivity contribution in [2.75, 3.05) is 0 Å². The lowest BCUT2D eigenvalue weighted by atomic mass is 9.92. The minimum atomic E-state index is -1.98. The van der Waals surface area contributed by atoms with E-state index in [9.17, 15) is 0 Å². The Balaban J connectivity index is 1.04. The van der Waals surface area contributed by atoms with Crippen LogP contribution in [0.3, 0.4) is 0 Å². The van der Waals surface area contributed by atoms with Crippen molar-refractivity contribution in [1.29, 1.82) is 0 Å². The molecular formula is C60H24F16. The summed E-state index contributed by atoms with van der Waals surface area (Å²) in [5.74, 6) is -29.9. The van der Waals surface area contributed by atoms with Gasteiger partial charge in [0.1, 0.15) is 0 Å². The maximum atomic E-state index is 15.8. The fourth-order valence-electron chi connectivity index (χ4n) is 9.48.